The van der Waals surface area contributed by atoms with Crippen LogP contribution in [0.3, 0.4) is 0 Å². The second kappa shape index (κ2) is 12.9. The number of nitrogens with zero attached hydrogens (tertiary/aromatic N) is 2. The minimum atomic E-state index is -0.631. The van der Waals surface area contributed by atoms with Crippen molar-refractivity contribution in [3.8, 4) is 0 Å². The number of piperazine rings is 1. The molecule has 180 valence electrons. The molecule has 2 aromatic rings. The average molecular weight is 497 g/mol. The van der Waals surface area contributed by atoms with Crippen molar-refractivity contribution in [3.63, 3.8) is 0 Å². The molecule has 33 heavy (non-hydrogen) atoms. The summed E-state index contributed by atoms with van der Waals surface area (Å²) >= 11 is 5.92. The highest BCUT2D eigenvalue weighted by Gasteiger charge is 2.30. The van der Waals surface area contributed by atoms with Crippen LogP contribution in [-0.4, -0.2) is 60.4 Å². The predicted octanol–water partition coefficient (Wildman–Crippen LogP) is 3.18. The molecule has 3 rings (SSSR count). The third-order valence-electron chi connectivity index (χ3n) is 5.83. The van der Waals surface area contributed by atoms with Crippen molar-refractivity contribution in [1.29, 1.82) is 0 Å². The van der Waals surface area contributed by atoms with Crippen molar-refractivity contribution in [1.82, 2.24) is 15.1 Å². The van der Waals surface area contributed by atoms with Gasteiger partial charge in [-0.25, -0.2) is 4.39 Å². The number of carbonyl (C=O) groups is 2. The molecule has 9 heteroatoms. The SMILES string of the molecule is CCC(=O)NCC(c1ccccc1F)N1CCN(C(=O)C(N)Cc2ccc(Cl)cc2)CC1.Cl. The lowest BCUT2D eigenvalue weighted by Crippen LogP contribution is -2.55. The highest BCUT2D eigenvalue weighted by Crippen LogP contribution is 2.24. The van der Waals surface area contributed by atoms with Gasteiger partial charge in [-0.2, -0.15) is 0 Å². The van der Waals surface area contributed by atoms with Gasteiger partial charge in [-0.05, 0) is 30.2 Å². The van der Waals surface area contributed by atoms with Crippen molar-refractivity contribution < 1.29 is 14.0 Å². The van der Waals surface area contributed by atoms with Crippen LogP contribution in [0.1, 0.15) is 30.5 Å². The zero-order chi connectivity index (χ0) is 23.1. The van der Waals surface area contributed by atoms with E-state index in [0.29, 0.717) is 56.2 Å². The van der Waals surface area contributed by atoms with E-state index in [-0.39, 0.29) is 36.1 Å². The van der Waals surface area contributed by atoms with E-state index in [1.165, 1.54) is 6.07 Å². The van der Waals surface area contributed by atoms with Crippen molar-refractivity contribution in [2.24, 2.45) is 5.73 Å². The molecule has 2 amide bonds. The van der Waals surface area contributed by atoms with Gasteiger partial charge < -0.3 is 16.0 Å². The molecule has 2 atom stereocenters. The first-order valence-corrected chi connectivity index (χ1v) is 11.3. The van der Waals surface area contributed by atoms with Crippen molar-refractivity contribution in [3.05, 3.63) is 70.5 Å². The molecule has 1 aliphatic heterocycles. The Morgan fingerprint density at radius 3 is 2.33 bits per heavy atom. The van der Waals surface area contributed by atoms with E-state index in [9.17, 15) is 14.0 Å². The van der Waals surface area contributed by atoms with Crippen LogP contribution in [0, 0.1) is 5.82 Å². The molecule has 0 saturated carbocycles. The molecule has 3 N–H and O–H groups in total. The highest BCUT2D eigenvalue weighted by molar-refractivity contribution is 6.30. The van der Waals surface area contributed by atoms with Gasteiger partial charge in [0.05, 0.1) is 12.1 Å². The van der Waals surface area contributed by atoms with Crippen LogP contribution in [0.2, 0.25) is 5.02 Å². The number of hydrogen-bond acceptors (Lipinski definition) is 4. The summed E-state index contributed by atoms with van der Waals surface area (Å²) in [6.07, 6.45) is 0.814. The molecular weight excluding hydrogens is 466 g/mol. The summed E-state index contributed by atoms with van der Waals surface area (Å²) in [5.74, 6) is -0.471. The molecular formula is C24H31Cl2FN4O2. The summed E-state index contributed by atoms with van der Waals surface area (Å²) in [5, 5.41) is 3.52. The second-order valence-electron chi connectivity index (χ2n) is 7.99. The number of halogens is 3. The summed E-state index contributed by atoms with van der Waals surface area (Å²) in [7, 11) is 0. The van der Waals surface area contributed by atoms with Gasteiger partial charge in [0.2, 0.25) is 11.8 Å². The van der Waals surface area contributed by atoms with Crippen LogP contribution in [0.4, 0.5) is 4.39 Å². The summed E-state index contributed by atoms with van der Waals surface area (Å²) in [5.41, 5.74) is 7.69. The minimum Gasteiger partial charge on any atom is -0.354 e. The lowest BCUT2D eigenvalue weighted by molar-refractivity contribution is -0.134. The maximum absolute atomic E-state index is 14.5. The van der Waals surface area contributed by atoms with Crippen molar-refractivity contribution in [2.75, 3.05) is 32.7 Å². The topological polar surface area (TPSA) is 78.7 Å². The Hall–Kier alpha value is -2.19. The number of hydrogen-bond donors (Lipinski definition) is 2. The Labute approximate surface area is 205 Å². The summed E-state index contributed by atoms with van der Waals surface area (Å²) in [6.45, 7) is 4.24. The van der Waals surface area contributed by atoms with E-state index in [0.717, 1.165) is 5.56 Å². The summed E-state index contributed by atoms with van der Waals surface area (Å²) < 4.78 is 14.5. The first-order valence-electron chi connectivity index (χ1n) is 10.9. The highest BCUT2D eigenvalue weighted by atomic mass is 35.5. The number of rotatable bonds is 8. The van der Waals surface area contributed by atoms with Gasteiger partial charge in [0, 0.05) is 49.7 Å². The van der Waals surface area contributed by atoms with Gasteiger partial charge in [-0.3, -0.25) is 14.5 Å². The molecule has 6 nitrogen and oxygen atoms in total. The lowest BCUT2D eigenvalue weighted by atomic mass is 10.0. The zero-order valence-corrected chi connectivity index (χ0v) is 20.2. The standard InChI is InChI=1S/C24H30ClFN4O2.ClH/c1-2-23(31)28-16-22(19-5-3-4-6-20(19)26)29-11-13-30(14-12-29)24(32)21(27)15-17-7-9-18(25)10-8-17;/h3-10,21-22H,2,11-16,27H2,1H3,(H,28,31);1H. The number of carbonyl (C=O) groups excluding carboxylic acids is 2. The fourth-order valence-electron chi connectivity index (χ4n) is 3.97. The quantitative estimate of drug-likeness (QED) is 0.588. The number of nitrogens with two attached hydrogens (primary N) is 1. The number of benzene rings is 2. The molecule has 0 radical (unpaired) electrons. The van der Waals surface area contributed by atoms with Crippen LogP contribution < -0.4 is 11.1 Å². The zero-order valence-electron chi connectivity index (χ0n) is 18.7. The Bertz CT molecular complexity index is 921. The summed E-state index contributed by atoms with van der Waals surface area (Å²) in [6, 6.07) is 13.0. The first-order chi connectivity index (χ1) is 15.4. The fourth-order valence-corrected chi connectivity index (χ4v) is 4.09. The van der Waals surface area contributed by atoms with Crippen molar-refractivity contribution >= 4 is 35.8 Å². The Morgan fingerprint density at radius 2 is 1.73 bits per heavy atom. The molecule has 2 unspecified atom stereocenters. The molecule has 1 heterocycles. The van der Waals surface area contributed by atoms with E-state index in [4.69, 9.17) is 17.3 Å². The first kappa shape index (κ1) is 27.1. The third kappa shape index (κ3) is 7.40. The number of amides is 2. The van der Waals surface area contributed by atoms with E-state index in [1.54, 1.807) is 42.2 Å². The molecule has 1 saturated heterocycles. The van der Waals surface area contributed by atoms with Gasteiger partial charge in [-0.1, -0.05) is 48.9 Å². The fraction of sp³-hybridized carbons (Fsp3) is 0.417. The van der Waals surface area contributed by atoms with Crippen LogP contribution in [0.25, 0.3) is 0 Å². The largest absolute Gasteiger partial charge is 0.354 e. The molecule has 1 fully saturated rings. The number of nitrogens with one attached hydrogen (secondary N) is 1. The molecule has 0 bridgehead atoms. The maximum atomic E-state index is 14.5. The van der Waals surface area contributed by atoms with E-state index in [2.05, 4.69) is 10.2 Å². The van der Waals surface area contributed by atoms with Crippen LogP contribution in [0.15, 0.2) is 48.5 Å². The van der Waals surface area contributed by atoms with Crippen LogP contribution >= 0.6 is 24.0 Å². The van der Waals surface area contributed by atoms with E-state index in [1.807, 2.05) is 12.1 Å². The maximum Gasteiger partial charge on any atom is 0.239 e. The predicted molar refractivity (Wildman–Crippen MR) is 131 cm³/mol. The third-order valence-corrected chi connectivity index (χ3v) is 6.08. The van der Waals surface area contributed by atoms with E-state index < -0.39 is 6.04 Å². The Kier molecular flexibility index (Phi) is 10.6. The Morgan fingerprint density at radius 1 is 1.09 bits per heavy atom. The van der Waals surface area contributed by atoms with Gasteiger partial charge in [0.25, 0.3) is 0 Å². The molecule has 1 aliphatic rings. The monoisotopic (exact) mass is 496 g/mol. The van der Waals surface area contributed by atoms with Gasteiger partial charge in [0.1, 0.15) is 5.82 Å². The Balaban J connectivity index is 0.00000385. The molecule has 2 aromatic carbocycles. The normalized spacial score (nSPS) is 15.9. The lowest BCUT2D eigenvalue weighted by Gasteiger charge is -2.40. The molecule has 0 aromatic heterocycles. The van der Waals surface area contributed by atoms with E-state index >= 15 is 0 Å². The van der Waals surface area contributed by atoms with Crippen molar-refractivity contribution in [2.45, 2.75) is 31.8 Å². The average Bonchev–Trinajstić information content (AvgIpc) is 2.81. The minimum absolute atomic E-state index is 0. The van der Waals surface area contributed by atoms with Crippen LogP contribution in [0.5, 0.6) is 0 Å². The molecule has 0 spiro atoms. The van der Waals surface area contributed by atoms with Gasteiger partial charge in [0.15, 0.2) is 0 Å². The van der Waals surface area contributed by atoms with Gasteiger partial charge >= 0.3 is 0 Å². The second-order valence-corrected chi connectivity index (χ2v) is 8.43. The van der Waals surface area contributed by atoms with Gasteiger partial charge in [-0.15, -0.1) is 12.4 Å². The summed E-state index contributed by atoms with van der Waals surface area (Å²) in [4.78, 5) is 28.5. The molecule has 0 aliphatic carbocycles. The smallest absolute Gasteiger partial charge is 0.239 e. The van der Waals surface area contributed by atoms with Crippen LogP contribution in [-0.2, 0) is 16.0 Å².